The Morgan fingerprint density at radius 1 is 0.600 bits per heavy atom. The summed E-state index contributed by atoms with van der Waals surface area (Å²) in [4.78, 5) is 26.7. The van der Waals surface area contributed by atoms with Crippen LogP contribution >= 0.6 is 11.8 Å². The molecule has 0 aliphatic heterocycles. The van der Waals surface area contributed by atoms with Gasteiger partial charge in [0, 0.05) is 88.5 Å². The number of thioether (sulfide) groups is 1. The van der Waals surface area contributed by atoms with Crippen molar-refractivity contribution in [1.29, 1.82) is 0 Å². The largest absolute Gasteiger partial charge is 0.497 e. The van der Waals surface area contributed by atoms with E-state index < -0.39 is 9.84 Å². The molecular formula is C50H50N14O4S2. The number of methoxy groups -OCH3 is 2. The second-order valence-electron chi connectivity index (χ2n) is 16.9. The summed E-state index contributed by atoms with van der Waals surface area (Å²) >= 11 is 1.52. The smallest absolute Gasteiger partial charge is 0.247 e. The standard InChI is InChI=1S/C25H25N7O3S.C25H25N7OS/c1-16(2)31-15-21(22-9-10-26-25(29-22)36(4,33)34)23(30-31)18-11-19-13-28-32(24(19)27-12-18)14-17-5-7-20(35-3)8-6-17;1-16(2)31-15-21(22-9-10-26-25(29-22)34-4)23(30-31)18-11-19-13-28-32(24(19)27-12-18)14-17-5-7-20(33-3)8-6-17/h5-13,15-16H,14H2,1-4H3;5-13,15-16H,14H2,1-4H3. The Morgan fingerprint density at radius 3 is 1.49 bits per heavy atom. The van der Waals surface area contributed by atoms with Gasteiger partial charge in [0.1, 0.15) is 22.9 Å². The quantitative estimate of drug-likeness (QED) is 0.0738. The van der Waals surface area contributed by atoms with Gasteiger partial charge in [-0.25, -0.2) is 47.7 Å². The lowest BCUT2D eigenvalue weighted by Crippen LogP contribution is -2.04. The maximum atomic E-state index is 12.0. The fraction of sp³-hybridized carbons (Fsp3) is 0.240. The predicted octanol–water partition coefficient (Wildman–Crippen LogP) is 8.90. The van der Waals surface area contributed by atoms with Crippen LogP contribution in [0.25, 0.3) is 67.1 Å². The van der Waals surface area contributed by atoms with Crippen molar-refractivity contribution in [2.75, 3.05) is 26.7 Å². The van der Waals surface area contributed by atoms with Crippen molar-refractivity contribution in [3.8, 4) is 56.5 Å². The molecule has 0 aliphatic carbocycles. The Balaban J connectivity index is 0.000000174. The zero-order valence-electron chi connectivity index (χ0n) is 39.8. The van der Waals surface area contributed by atoms with Crippen LogP contribution in [0.4, 0.5) is 0 Å². The van der Waals surface area contributed by atoms with Crippen molar-refractivity contribution in [2.45, 2.75) is 63.2 Å². The third-order valence-electron chi connectivity index (χ3n) is 11.3. The third-order valence-corrected chi connectivity index (χ3v) is 12.8. The molecule has 20 heteroatoms. The highest BCUT2D eigenvalue weighted by Crippen LogP contribution is 2.34. The number of rotatable bonds is 14. The summed E-state index contributed by atoms with van der Waals surface area (Å²) in [5, 5.41) is 21.1. The average molecular weight is 975 g/mol. The van der Waals surface area contributed by atoms with E-state index in [0.29, 0.717) is 30.0 Å². The Hall–Kier alpha value is -7.84. The molecule has 8 heterocycles. The number of hydrogen-bond acceptors (Lipinski definition) is 15. The van der Waals surface area contributed by atoms with E-state index in [-0.39, 0.29) is 17.2 Å². The summed E-state index contributed by atoms with van der Waals surface area (Å²) in [6.45, 7) is 9.46. The second kappa shape index (κ2) is 20.0. The highest BCUT2D eigenvalue weighted by Gasteiger charge is 2.21. The Morgan fingerprint density at radius 2 is 1.06 bits per heavy atom. The maximum Gasteiger partial charge on any atom is 0.247 e. The van der Waals surface area contributed by atoms with Crippen LogP contribution in [0.1, 0.15) is 50.9 Å². The molecule has 10 rings (SSSR count). The molecule has 356 valence electrons. The molecule has 70 heavy (non-hydrogen) atoms. The predicted molar refractivity (Wildman–Crippen MR) is 269 cm³/mol. The van der Waals surface area contributed by atoms with Gasteiger partial charge in [0.2, 0.25) is 15.0 Å². The first-order valence-corrected chi connectivity index (χ1v) is 25.4. The van der Waals surface area contributed by atoms with Gasteiger partial charge in [-0.3, -0.25) is 9.36 Å². The highest BCUT2D eigenvalue weighted by atomic mass is 32.2. The van der Waals surface area contributed by atoms with Crippen molar-refractivity contribution in [1.82, 2.24) is 69.0 Å². The van der Waals surface area contributed by atoms with Gasteiger partial charge in [-0.15, -0.1) is 0 Å². The molecule has 0 N–H and O–H groups in total. The van der Waals surface area contributed by atoms with E-state index in [1.54, 1.807) is 38.9 Å². The minimum Gasteiger partial charge on any atom is -0.497 e. The fourth-order valence-electron chi connectivity index (χ4n) is 7.61. The summed E-state index contributed by atoms with van der Waals surface area (Å²) in [6, 6.07) is 23.8. The van der Waals surface area contributed by atoms with E-state index in [1.807, 2.05) is 124 Å². The number of nitrogens with zero attached hydrogens (tertiary/aromatic N) is 14. The van der Waals surface area contributed by atoms with E-state index in [2.05, 4.69) is 45.1 Å². The van der Waals surface area contributed by atoms with E-state index in [4.69, 9.17) is 34.6 Å². The third kappa shape index (κ3) is 10.1. The molecule has 0 bridgehead atoms. The molecule has 0 saturated heterocycles. The lowest BCUT2D eigenvalue weighted by atomic mass is 10.1. The summed E-state index contributed by atoms with van der Waals surface area (Å²) in [7, 11) is -0.248. The Bertz CT molecular complexity index is 3560. The lowest BCUT2D eigenvalue weighted by Gasteiger charge is -2.06. The molecule has 0 aliphatic rings. The molecule has 10 aromatic rings. The van der Waals surface area contributed by atoms with Crippen LogP contribution < -0.4 is 9.47 Å². The minimum atomic E-state index is -3.56. The first-order valence-electron chi connectivity index (χ1n) is 22.3. The van der Waals surface area contributed by atoms with E-state index in [1.165, 1.54) is 18.0 Å². The summed E-state index contributed by atoms with van der Waals surface area (Å²) in [6.07, 6.45) is 17.5. The van der Waals surface area contributed by atoms with Gasteiger partial charge in [-0.05, 0) is 93.6 Å². The highest BCUT2D eigenvalue weighted by molar-refractivity contribution is 7.98. The van der Waals surface area contributed by atoms with Crippen LogP contribution in [0.2, 0.25) is 0 Å². The van der Waals surface area contributed by atoms with Crippen LogP contribution in [0.5, 0.6) is 11.5 Å². The van der Waals surface area contributed by atoms with E-state index >= 15 is 0 Å². The van der Waals surface area contributed by atoms with Gasteiger partial charge in [-0.2, -0.15) is 20.4 Å². The van der Waals surface area contributed by atoms with Gasteiger partial charge >= 0.3 is 0 Å². The number of aromatic nitrogens is 14. The van der Waals surface area contributed by atoms with E-state index in [0.717, 1.165) is 84.2 Å². The topological polar surface area (TPSA) is 201 Å². The molecule has 0 saturated carbocycles. The van der Waals surface area contributed by atoms with Crippen molar-refractivity contribution >= 4 is 43.7 Å². The summed E-state index contributed by atoms with van der Waals surface area (Å²) in [5.74, 6) is 1.64. The molecule has 0 amide bonds. The number of benzene rings is 2. The Labute approximate surface area is 408 Å². The molecule has 0 fully saturated rings. The fourth-order valence-corrected chi connectivity index (χ4v) is 8.49. The first kappa shape index (κ1) is 47.2. The van der Waals surface area contributed by atoms with Crippen LogP contribution in [-0.4, -0.2) is 104 Å². The zero-order chi connectivity index (χ0) is 49.1. The molecule has 0 atom stereocenters. The van der Waals surface area contributed by atoms with Gasteiger partial charge in [0.15, 0.2) is 16.5 Å². The van der Waals surface area contributed by atoms with Crippen molar-refractivity contribution in [3.05, 3.63) is 133 Å². The first-order chi connectivity index (χ1) is 33.8. The van der Waals surface area contributed by atoms with Crippen molar-refractivity contribution in [2.24, 2.45) is 0 Å². The number of sulfone groups is 1. The maximum absolute atomic E-state index is 12.0. The number of hydrogen-bond donors (Lipinski definition) is 0. The zero-order valence-corrected chi connectivity index (χ0v) is 41.5. The molecule has 8 aromatic heterocycles. The van der Waals surface area contributed by atoms with Gasteiger partial charge in [0.05, 0.1) is 51.1 Å². The number of pyridine rings is 2. The van der Waals surface area contributed by atoms with Gasteiger partial charge in [-0.1, -0.05) is 36.0 Å². The second-order valence-corrected chi connectivity index (χ2v) is 19.6. The van der Waals surface area contributed by atoms with Gasteiger partial charge in [0.25, 0.3) is 0 Å². The molecule has 0 radical (unpaired) electrons. The number of fused-ring (bicyclic) bond motifs is 2. The monoisotopic (exact) mass is 974 g/mol. The SMILES string of the molecule is COc1ccc(Cn2ncc3cc(-c4nn(C(C)C)cc4-c4ccnc(S(C)(=O)=O)n4)cnc32)cc1.COc1ccc(Cn2ncc3cc(-c4nn(C(C)C)cc4-c4ccnc(SC)n4)cnc32)cc1. The summed E-state index contributed by atoms with van der Waals surface area (Å²) in [5.41, 5.74) is 9.96. The normalized spacial score (nSPS) is 11.7. The van der Waals surface area contributed by atoms with Crippen LogP contribution in [0.15, 0.2) is 133 Å². The van der Waals surface area contributed by atoms with Crippen LogP contribution in [0.3, 0.4) is 0 Å². The average Bonchev–Trinajstić information content (AvgIpc) is 4.20. The van der Waals surface area contributed by atoms with E-state index in [9.17, 15) is 8.42 Å². The molecule has 2 aromatic carbocycles. The summed E-state index contributed by atoms with van der Waals surface area (Å²) < 4.78 is 42.1. The molecule has 0 unspecified atom stereocenters. The minimum absolute atomic E-state index is 0.0950. The number of ether oxygens (including phenoxy) is 2. The van der Waals surface area contributed by atoms with Crippen molar-refractivity contribution in [3.63, 3.8) is 0 Å². The lowest BCUT2D eigenvalue weighted by molar-refractivity contribution is 0.414. The molecular weight excluding hydrogens is 925 g/mol. The van der Waals surface area contributed by atoms with Crippen molar-refractivity contribution < 1.29 is 17.9 Å². The Kier molecular flexibility index (Phi) is 13.5. The molecule has 0 spiro atoms. The molecule has 18 nitrogen and oxygen atoms in total. The van der Waals surface area contributed by atoms with Gasteiger partial charge < -0.3 is 9.47 Å². The van der Waals surface area contributed by atoms with Crippen LogP contribution in [-0.2, 0) is 22.9 Å². The van der Waals surface area contributed by atoms with Crippen LogP contribution in [0, 0.1) is 0 Å².